The summed E-state index contributed by atoms with van der Waals surface area (Å²) in [4.78, 5) is 23.6. The lowest BCUT2D eigenvalue weighted by atomic mass is 10.1. The van der Waals surface area contributed by atoms with E-state index in [1.54, 1.807) is 4.90 Å². The normalized spacial score (nSPS) is 17.8. The van der Waals surface area contributed by atoms with Crippen molar-refractivity contribution in [2.24, 2.45) is 0 Å². The largest absolute Gasteiger partial charge is 0.341 e. The van der Waals surface area contributed by atoms with Crippen LogP contribution in [0.5, 0.6) is 0 Å². The van der Waals surface area contributed by atoms with Crippen LogP contribution in [0.25, 0.3) is 0 Å². The first-order valence-electron chi connectivity index (χ1n) is 3.97. The zero-order valence-corrected chi connectivity index (χ0v) is 6.88. The number of likely N-dealkylation sites (tertiary alicyclic amines) is 1. The Bertz CT molecular complexity index is 239. The van der Waals surface area contributed by atoms with E-state index in [4.69, 9.17) is 6.42 Å². The van der Waals surface area contributed by atoms with Gasteiger partial charge in [0.2, 0.25) is 5.91 Å². The minimum atomic E-state index is -0.0819. The monoisotopic (exact) mass is 165 g/mol. The maximum Gasteiger partial charge on any atom is 0.230 e. The molecule has 64 valence electrons. The third-order valence-electron chi connectivity index (χ3n) is 1.89. The van der Waals surface area contributed by atoms with Gasteiger partial charge in [0.1, 0.15) is 5.78 Å². The summed E-state index contributed by atoms with van der Waals surface area (Å²) in [6.45, 7) is 1.13. The molecule has 0 aliphatic carbocycles. The van der Waals surface area contributed by atoms with Crippen LogP contribution in [0.4, 0.5) is 0 Å². The fourth-order valence-electron chi connectivity index (χ4n) is 1.19. The summed E-state index contributed by atoms with van der Waals surface area (Å²) in [5, 5.41) is 0. The van der Waals surface area contributed by atoms with Crippen LogP contribution in [-0.2, 0) is 9.59 Å². The van der Waals surface area contributed by atoms with Crippen molar-refractivity contribution in [3.63, 3.8) is 0 Å². The van der Waals surface area contributed by atoms with Crippen molar-refractivity contribution in [2.75, 3.05) is 13.1 Å². The topological polar surface area (TPSA) is 37.4 Å². The maximum atomic E-state index is 11.1. The maximum absolute atomic E-state index is 11.1. The van der Waals surface area contributed by atoms with Gasteiger partial charge >= 0.3 is 0 Å². The summed E-state index contributed by atoms with van der Waals surface area (Å²) in [5.74, 6) is 2.42. The average Bonchev–Trinajstić information content (AvgIpc) is 2.03. The molecule has 0 aromatic heterocycles. The molecule has 1 fully saturated rings. The Morgan fingerprint density at radius 3 is 2.83 bits per heavy atom. The number of nitrogens with zero attached hydrogens (tertiary/aromatic N) is 1. The number of amides is 1. The van der Waals surface area contributed by atoms with E-state index >= 15 is 0 Å². The van der Waals surface area contributed by atoms with Crippen molar-refractivity contribution in [3.8, 4) is 12.3 Å². The van der Waals surface area contributed by atoms with E-state index in [1.165, 1.54) is 0 Å². The lowest BCUT2D eigenvalue weighted by molar-refractivity contribution is -0.139. The number of carbonyl (C=O) groups is 2. The summed E-state index contributed by atoms with van der Waals surface area (Å²) in [6.07, 6.45) is 6.18. The molecule has 1 rings (SSSR count). The Hall–Kier alpha value is -1.30. The van der Waals surface area contributed by atoms with Crippen molar-refractivity contribution in [3.05, 3.63) is 0 Å². The summed E-state index contributed by atoms with van der Waals surface area (Å²) in [5.41, 5.74) is 0. The minimum Gasteiger partial charge on any atom is -0.341 e. The molecule has 0 unspecified atom stereocenters. The van der Waals surface area contributed by atoms with E-state index in [0.29, 0.717) is 25.9 Å². The van der Waals surface area contributed by atoms with Gasteiger partial charge in [0, 0.05) is 25.9 Å². The second-order valence-corrected chi connectivity index (χ2v) is 2.80. The van der Waals surface area contributed by atoms with Gasteiger partial charge in [-0.25, -0.2) is 0 Å². The molecule has 0 aromatic rings. The highest BCUT2D eigenvalue weighted by Crippen LogP contribution is 2.07. The Kier molecular flexibility index (Phi) is 2.87. The van der Waals surface area contributed by atoms with Crippen molar-refractivity contribution in [2.45, 2.75) is 19.3 Å². The van der Waals surface area contributed by atoms with Gasteiger partial charge in [-0.2, -0.15) is 0 Å². The molecule has 0 radical (unpaired) electrons. The van der Waals surface area contributed by atoms with Gasteiger partial charge in [0.25, 0.3) is 0 Å². The van der Waals surface area contributed by atoms with Gasteiger partial charge in [-0.1, -0.05) is 0 Å². The molecule has 3 heteroatoms. The highest BCUT2D eigenvalue weighted by atomic mass is 16.2. The number of carbonyl (C=O) groups excluding carboxylic acids is 2. The van der Waals surface area contributed by atoms with Gasteiger partial charge in [0.05, 0.1) is 6.42 Å². The van der Waals surface area contributed by atoms with Crippen LogP contribution in [0, 0.1) is 12.3 Å². The molecule has 1 aliphatic heterocycles. The van der Waals surface area contributed by atoms with Gasteiger partial charge < -0.3 is 4.90 Å². The summed E-state index contributed by atoms with van der Waals surface area (Å²) in [6, 6.07) is 0. The summed E-state index contributed by atoms with van der Waals surface area (Å²) < 4.78 is 0. The SMILES string of the molecule is C#CCCN1CCC(=O)CC1=O. The Morgan fingerprint density at radius 1 is 1.50 bits per heavy atom. The number of terminal acetylenes is 1. The van der Waals surface area contributed by atoms with Crippen LogP contribution in [0.3, 0.4) is 0 Å². The molecule has 0 atom stereocenters. The Labute approximate surface area is 71.7 Å². The molecule has 0 bridgehead atoms. The number of ketones is 1. The van der Waals surface area contributed by atoms with Gasteiger partial charge in [-0.3, -0.25) is 9.59 Å². The number of Topliss-reactive ketones (excluding diaryl/α,β-unsaturated/α-hetero) is 1. The highest BCUT2D eigenvalue weighted by Gasteiger charge is 2.22. The molecule has 0 spiro atoms. The van der Waals surface area contributed by atoms with Crippen molar-refractivity contribution >= 4 is 11.7 Å². The predicted molar refractivity (Wildman–Crippen MR) is 44.3 cm³/mol. The highest BCUT2D eigenvalue weighted by molar-refractivity contribution is 6.00. The lowest BCUT2D eigenvalue weighted by Crippen LogP contribution is -2.39. The van der Waals surface area contributed by atoms with Gasteiger partial charge in [0.15, 0.2) is 0 Å². The van der Waals surface area contributed by atoms with Gasteiger partial charge in [-0.15, -0.1) is 12.3 Å². The van der Waals surface area contributed by atoms with Crippen LogP contribution >= 0.6 is 0 Å². The molecule has 3 nitrogen and oxygen atoms in total. The Balaban J connectivity index is 2.41. The molecule has 0 saturated carbocycles. The van der Waals surface area contributed by atoms with Crippen LogP contribution < -0.4 is 0 Å². The third-order valence-corrected chi connectivity index (χ3v) is 1.89. The number of piperidine rings is 1. The number of hydrogen-bond acceptors (Lipinski definition) is 2. The third kappa shape index (κ3) is 2.09. The fraction of sp³-hybridized carbons (Fsp3) is 0.556. The van der Waals surface area contributed by atoms with Crippen LogP contribution in [0.15, 0.2) is 0 Å². The van der Waals surface area contributed by atoms with E-state index in [2.05, 4.69) is 5.92 Å². The fourth-order valence-corrected chi connectivity index (χ4v) is 1.19. The van der Waals surface area contributed by atoms with E-state index < -0.39 is 0 Å². The second-order valence-electron chi connectivity index (χ2n) is 2.80. The predicted octanol–water partition coefficient (Wildman–Crippen LogP) is 0.201. The average molecular weight is 165 g/mol. The smallest absolute Gasteiger partial charge is 0.230 e. The van der Waals surface area contributed by atoms with Crippen molar-refractivity contribution in [1.29, 1.82) is 0 Å². The molecule has 1 amide bonds. The van der Waals surface area contributed by atoms with Crippen LogP contribution in [0.1, 0.15) is 19.3 Å². The van der Waals surface area contributed by atoms with E-state index in [9.17, 15) is 9.59 Å². The first-order valence-corrected chi connectivity index (χ1v) is 3.97. The molecule has 12 heavy (non-hydrogen) atoms. The zero-order valence-electron chi connectivity index (χ0n) is 6.88. The molecule has 0 N–H and O–H groups in total. The molecular formula is C9H11NO2. The second kappa shape index (κ2) is 3.91. The molecular weight excluding hydrogens is 154 g/mol. The molecule has 1 heterocycles. The summed E-state index contributed by atoms with van der Waals surface area (Å²) in [7, 11) is 0. The van der Waals surface area contributed by atoms with Crippen molar-refractivity contribution < 1.29 is 9.59 Å². The van der Waals surface area contributed by atoms with Crippen molar-refractivity contribution in [1.82, 2.24) is 4.90 Å². The first kappa shape index (κ1) is 8.79. The van der Waals surface area contributed by atoms with E-state index in [0.717, 1.165) is 0 Å². The van der Waals surface area contributed by atoms with E-state index in [-0.39, 0.29) is 18.1 Å². The quantitative estimate of drug-likeness (QED) is 0.433. The standard InChI is InChI=1S/C9H11NO2/c1-2-3-5-10-6-4-8(11)7-9(10)12/h1H,3-7H2. The molecule has 0 aromatic carbocycles. The number of hydrogen-bond donors (Lipinski definition) is 0. The van der Waals surface area contributed by atoms with Crippen LogP contribution in [0.2, 0.25) is 0 Å². The van der Waals surface area contributed by atoms with Crippen LogP contribution in [-0.4, -0.2) is 29.7 Å². The molecule has 1 saturated heterocycles. The first-order chi connectivity index (χ1) is 5.74. The zero-order chi connectivity index (χ0) is 8.97. The Morgan fingerprint density at radius 2 is 2.25 bits per heavy atom. The van der Waals surface area contributed by atoms with Gasteiger partial charge in [-0.05, 0) is 0 Å². The molecule has 1 aliphatic rings. The lowest BCUT2D eigenvalue weighted by Gasteiger charge is -2.24. The number of rotatable bonds is 2. The minimum absolute atomic E-state index is 0.0388. The summed E-state index contributed by atoms with van der Waals surface area (Å²) >= 11 is 0. The van der Waals surface area contributed by atoms with E-state index in [1.807, 2.05) is 0 Å².